The molecule has 5 heteroatoms. The molecular weight excluding hydrogens is 328 g/mol. The molecule has 1 saturated heterocycles. The number of aliphatic imine (C=N–C) groups is 1. The Morgan fingerprint density at radius 3 is 2.72 bits per heavy atom. The van der Waals surface area contributed by atoms with E-state index in [0.29, 0.717) is 6.04 Å². The molecule has 1 heterocycles. The van der Waals surface area contributed by atoms with Gasteiger partial charge in [0.25, 0.3) is 0 Å². The third-order valence-corrected chi connectivity index (χ3v) is 5.40. The van der Waals surface area contributed by atoms with Crippen LogP contribution in [0.3, 0.4) is 0 Å². The third-order valence-electron chi connectivity index (χ3n) is 4.70. The molecule has 2 N–H and O–H groups in total. The second-order valence-corrected chi connectivity index (χ2v) is 7.71. The highest BCUT2D eigenvalue weighted by Gasteiger charge is 2.20. The molecule has 1 aliphatic rings. The number of thioether (sulfide) groups is 1. The third kappa shape index (κ3) is 7.28. The zero-order valence-electron chi connectivity index (χ0n) is 16.1. The number of aryl methyl sites for hydroxylation is 1. The molecule has 1 aliphatic heterocycles. The zero-order chi connectivity index (χ0) is 17.9. The van der Waals surface area contributed by atoms with E-state index in [1.54, 1.807) is 0 Å². The number of hydrogen-bond donors (Lipinski definition) is 2. The van der Waals surface area contributed by atoms with Crippen LogP contribution < -0.4 is 10.6 Å². The molecule has 1 aromatic rings. The van der Waals surface area contributed by atoms with Crippen LogP contribution in [0.5, 0.6) is 0 Å². The monoisotopic (exact) mass is 362 g/mol. The first-order valence-corrected chi connectivity index (χ1v) is 10.9. The van der Waals surface area contributed by atoms with Crippen LogP contribution in [0.25, 0.3) is 0 Å². The minimum Gasteiger partial charge on any atom is -0.357 e. The number of benzene rings is 1. The van der Waals surface area contributed by atoms with Crippen molar-refractivity contribution in [1.29, 1.82) is 0 Å². The first-order valence-electron chi connectivity index (χ1n) is 9.53. The number of likely N-dealkylation sites (tertiary alicyclic amines) is 1. The second-order valence-electron chi connectivity index (χ2n) is 6.73. The van der Waals surface area contributed by atoms with Gasteiger partial charge in [-0.2, -0.15) is 11.8 Å². The fourth-order valence-electron chi connectivity index (χ4n) is 3.18. The summed E-state index contributed by atoms with van der Waals surface area (Å²) in [6, 6.07) is 9.26. The van der Waals surface area contributed by atoms with Gasteiger partial charge in [0.15, 0.2) is 5.96 Å². The fourth-order valence-corrected chi connectivity index (χ4v) is 3.59. The molecule has 2 rings (SSSR count). The van der Waals surface area contributed by atoms with Crippen LogP contribution in [0.4, 0.5) is 0 Å². The van der Waals surface area contributed by atoms with Crippen LogP contribution >= 0.6 is 11.8 Å². The zero-order valence-corrected chi connectivity index (χ0v) is 16.9. The molecule has 1 aromatic carbocycles. The molecule has 0 atom stereocenters. The molecular formula is C20H34N4S. The molecule has 0 spiro atoms. The normalized spacial score (nSPS) is 16.8. The van der Waals surface area contributed by atoms with Crippen LogP contribution in [-0.2, 0) is 6.54 Å². The van der Waals surface area contributed by atoms with E-state index in [9.17, 15) is 0 Å². The van der Waals surface area contributed by atoms with Gasteiger partial charge in [0, 0.05) is 38.8 Å². The molecule has 0 unspecified atom stereocenters. The number of rotatable bonds is 8. The maximum Gasteiger partial charge on any atom is 0.191 e. The quantitative estimate of drug-likeness (QED) is 0.423. The summed E-state index contributed by atoms with van der Waals surface area (Å²) in [5.74, 6) is 2.17. The lowest BCUT2D eigenvalue weighted by Gasteiger charge is -2.33. The Morgan fingerprint density at radius 1 is 1.28 bits per heavy atom. The predicted octanol–water partition coefficient (Wildman–Crippen LogP) is 3.27. The van der Waals surface area contributed by atoms with Crippen molar-refractivity contribution in [3.05, 3.63) is 35.4 Å². The summed E-state index contributed by atoms with van der Waals surface area (Å²) in [6.45, 7) is 9.53. The van der Waals surface area contributed by atoms with Gasteiger partial charge in [0.05, 0.1) is 0 Å². The van der Waals surface area contributed by atoms with Crippen molar-refractivity contribution in [3.63, 3.8) is 0 Å². The van der Waals surface area contributed by atoms with E-state index in [1.807, 2.05) is 11.8 Å². The molecule has 0 bridgehead atoms. The van der Waals surface area contributed by atoms with Gasteiger partial charge >= 0.3 is 0 Å². The van der Waals surface area contributed by atoms with Gasteiger partial charge in [-0.05, 0) is 56.2 Å². The second kappa shape index (κ2) is 11.4. The Morgan fingerprint density at radius 2 is 2.04 bits per heavy atom. The van der Waals surface area contributed by atoms with Crippen molar-refractivity contribution >= 4 is 17.7 Å². The van der Waals surface area contributed by atoms with Crippen molar-refractivity contribution in [3.8, 4) is 0 Å². The van der Waals surface area contributed by atoms with Crippen LogP contribution in [0.2, 0.25) is 0 Å². The highest BCUT2D eigenvalue weighted by atomic mass is 32.2. The largest absolute Gasteiger partial charge is 0.357 e. The number of nitrogens with zero attached hydrogens (tertiary/aromatic N) is 2. The van der Waals surface area contributed by atoms with Gasteiger partial charge < -0.3 is 10.6 Å². The standard InChI is InChI=1S/C20H34N4S/c1-4-21-20(22-12-7-15-25-3)23-19-10-13-24(14-11-19)16-18-9-6-5-8-17(18)2/h5-6,8-9,19H,4,7,10-16H2,1-3H3,(H2,21,22,23). The lowest BCUT2D eigenvalue weighted by molar-refractivity contribution is 0.198. The summed E-state index contributed by atoms with van der Waals surface area (Å²) >= 11 is 1.89. The predicted molar refractivity (Wildman–Crippen MR) is 112 cm³/mol. The summed E-state index contributed by atoms with van der Waals surface area (Å²) < 4.78 is 0. The average Bonchev–Trinajstić information content (AvgIpc) is 2.62. The van der Waals surface area contributed by atoms with Gasteiger partial charge in [0.2, 0.25) is 0 Å². The Labute approximate surface area is 157 Å². The van der Waals surface area contributed by atoms with E-state index in [0.717, 1.165) is 45.1 Å². The Kier molecular flexibility index (Phi) is 9.19. The van der Waals surface area contributed by atoms with Crippen molar-refractivity contribution in [2.75, 3.05) is 38.2 Å². The van der Waals surface area contributed by atoms with E-state index in [-0.39, 0.29) is 0 Å². The Balaban J connectivity index is 1.77. The van der Waals surface area contributed by atoms with E-state index in [2.05, 4.69) is 59.9 Å². The number of piperidine rings is 1. The molecule has 1 fully saturated rings. The maximum atomic E-state index is 4.71. The molecule has 0 aromatic heterocycles. The van der Waals surface area contributed by atoms with Crippen LogP contribution in [0.1, 0.15) is 37.3 Å². The van der Waals surface area contributed by atoms with Crippen LogP contribution in [0, 0.1) is 6.92 Å². The Hall–Kier alpha value is -1.20. The van der Waals surface area contributed by atoms with E-state index < -0.39 is 0 Å². The summed E-state index contributed by atoms with van der Waals surface area (Å²) in [5.41, 5.74) is 2.85. The first kappa shape index (κ1) is 20.1. The van der Waals surface area contributed by atoms with Crippen molar-refractivity contribution in [1.82, 2.24) is 15.5 Å². The lowest BCUT2D eigenvalue weighted by atomic mass is 10.0. The molecule has 140 valence electrons. The van der Waals surface area contributed by atoms with E-state index in [1.165, 1.54) is 29.7 Å². The summed E-state index contributed by atoms with van der Waals surface area (Å²) in [4.78, 5) is 7.28. The van der Waals surface area contributed by atoms with Gasteiger partial charge in [-0.1, -0.05) is 24.3 Å². The number of nitrogens with one attached hydrogen (secondary N) is 2. The van der Waals surface area contributed by atoms with E-state index >= 15 is 0 Å². The molecule has 0 radical (unpaired) electrons. The lowest BCUT2D eigenvalue weighted by Crippen LogP contribution is -2.48. The minimum atomic E-state index is 0.534. The minimum absolute atomic E-state index is 0.534. The van der Waals surface area contributed by atoms with Crippen LogP contribution in [-0.4, -0.2) is 55.1 Å². The smallest absolute Gasteiger partial charge is 0.191 e. The van der Waals surface area contributed by atoms with E-state index in [4.69, 9.17) is 4.99 Å². The summed E-state index contributed by atoms with van der Waals surface area (Å²) in [7, 11) is 0. The fraction of sp³-hybridized carbons (Fsp3) is 0.650. The summed E-state index contributed by atoms with van der Waals surface area (Å²) in [5, 5.41) is 7.02. The Bertz CT molecular complexity index is 524. The molecule has 25 heavy (non-hydrogen) atoms. The SMILES string of the molecule is CCNC(=NCCCSC)NC1CCN(Cc2ccccc2C)CC1. The topological polar surface area (TPSA) is 39.7 Å². The van der Waals surface area contributed by atoms with Gasteiger partial charge in [-0.25, -0.2) is 0 Å². The summed E-state index contributed by atoms with van der Waals surface area (Å²) in [6.07, 6.45) is 5.66. The molecule has 0 saturated carbocycles. The number of hydrogen-bond acceptors (Lipinski definition) is 3. The number of guanidine groups is 1. The van der Waals surface area contributed by atoms with Gasteiger partial charge in [-0.3, -0.25) is 9.89 Å². The molecule has 0 aliphatic carbocycles. The highest BCUT2D eigenvalue weighted by Crippen LogP contribution is 2.16. The van der Waals surface area contributed by atoms with Crippen LogP contribution in [0.15, 0.2) is 29.3 Å². The maximum absolute atomic E-state index is 4.71. The van der Waals surface area contributed by atoms with Gasteiger partial charge in [-0.15, -0.1) is 0 Å². The highest BCUT2D eigenvalue weighted by molar-refractivity contribution is 7.98. The van der Waals surface area contributed by atoms with Crippen molar-refractivity contribution < 1.29 is 0 Å². The average molecular weight is 363 g/mol. The molecule has 4 nitrogen and oxygen atoms in total. The van der Waals surface area contributed by atoms with Crippen molar-refractivity contribution in [2.24, 2.45) is 4.99 Å². The molecule has 0 amide bonds. The first-order chi connectivity index (χ1) is 12.2. The van der Waals surface area contributed by atoms with Crippen molar-refractivity contribution in [2.45, 2.75) is 45.7 Å². The van der Waals surface area contributed by atoms with Gasteiger partial charge in [0.1, 0.15) is 0 Å².